The number of aliphatic hydroxyl groups excluding tert-OH is 2. The molecule has 0 heterocycles. The molecule has 3 N–H and O–H groups in total. The van der Waals surface area contributed by atoms with E-state index in [0.29, 0.717) is 16.9 Å². The van der Waals surface area contributed by atoms with E-state index in [9.17, 15) is 27.9 Å². The average Bonchev–Trinajstić information content (AvgIpc) is 2.87. The van der Waals surface area contributed by atoms with Crippen molar-refractivity contribution in [2.45, 2.75) is 44.1 Å². The fraction of sp³-hybridized carbons (Fsp3) is 0.417. The van der Waals surface area contributed by atoms with Crippen molar-refractivity contribution in [2.24, 2.45) is 5.11 Å². The summed E-state index contributed by atoms with van der Waals surface area (Å²) in [6, 6.07) is 8.04. The number of hydrogen-bond donors (Lipinski definition) is 3. The largest absolute Gasteiger partial charge is 0.491 e. The molecule has 37 heavy (non-hydrogen) atoms. The van der Waals surface area contributed by atoms with Crippen LogP contribution in [0.15, 0.2) is 53.6 Å². The van der Waals surface area contributed by atoms with Crippen LogP contribution in [-0.4, -0.2) is 60.1 Å². The van der Waals surface area contributed by atoms with Crippen molar-refractivity contribution in [2.75, 3.05) is 19.8 Å². The first-order valence-corrected chi connectivity index (χ1v) is 11.2. The zero-order valence-corrected chi connectivity index (χ0v) is 19.9. The minimum atomic E-state index is -4.51. The van der Waals surface area contributed by atoms with Crippen LogP contribution in [0.1, 0.15) is 23.6 Å². The van der Waals surface area contributed by atoms with Crippen LogP contribution in [0.3, 0.4) is 0 Å². The van der Waals surface area contributed by atoms with Gasteiger partial charge in [-0.3, -0.25) is 4.79 Å². The van der Waals surface area contributed by atoms with Crippen LogP contribution in [0.5, 0.6) is 5.75 Å². The third-order valence-corrected chi connectivity index (χ3v) is 5.11. The summed E-state index contributed by atoms with van der Waals surface area (Å²) in [6.07, 6.45) is -5.71. The van der Waals surface area contributed by atoms with E-state index in [1.165, 1.54) is 12.1 Å². The van der Waals surface area contributed by atoms with Crippen LogP contribution in [0, 0.1) is 0 Å². The second kappa shape index (κ2) is 14.1. The van der Waals surface area contributed by atoms with E-state index in [0.717, 1.165) is 12.1 Å². The van der Waals surface area contributed by atoms with Gasteiger partial charge in [0.2, 0.25) is 5.91 Å². The molecular formula is C24H27F3N4O6. The predicted octanol–water partition coefficient (Wildman–Crippen LogP) is 2.95. The van der Waals surface area contributed by atoms with Crippen LogP contribution >= 0.6 is 0 Å². The van der Waals surface area contributed by atoms with Crippen LogP contribution in [-0.2, 0) is 33.3 Å². The van der Waals surface area contributed by atoms with E-state index in [-0.39, 0.29) is 26.1 Å². The number of esters is 1. The van der Waals surface area contributed by atoms with Crippen LogP contribution in [0.4, 0.5) is 13.2 Å². The number of nitrogens with one attached hydrogen (secondary N) is 1. The second-order valence-electron chi connectivity index (χ2n) is 7.93. The molecule has 0 bridgehead atoms. The molecule has 1 unspecified atom stereocenters. The number of nitrogens with zero attached hydrogens (tertiary/aromatic N) is 3. The Hall–Kier alpha value is -3.80. The number of ether oxygens (including phenoxy) is 2. The van der Waals surface area contributed by atoms with Gasteiger partial charge in [-0.05, 0) is 54.3 Å². The van der Waals surface area contributed by atoms with E-state index >= 15 is 0 Å². The number of aliphatic hydroxyl groups is 2. The second-order valence-corrected chi connectivity index (χ2v) is 7.93. The zero-order valence-electron chi connectivity index (χ0n) is 19.9. The normalized spacial score (nSPS) is 13.6. The van der Waals surface area contributed by atoms with Crippen molar-refractivity contribution < 1.29 is 42.4 Å². The fourth-order valence-electron chi connectivity index (χ4n) is 3.21. The van der Waals surface area contributed by atoms with Gasteiger partial charge < -0.3 is 25.0 Å². The summed E-state index contributed by atoms with van der Waals surface area (Å²) in [4.78, 5) is 28.0. The van der Waals surface area contributed by atoms with Crippen LogP contribution in [0.25, 0.3) is 10.4 Å². The average molecular weight is 524 g/mol. The Labute approximate surface area is 210 Å². The highest BCUT2D eigenvalue weighted by molar-refractivity contribution is 5.88. The molecular weight excluding hydrogens is 497 g/mol. The first kappa shape index (κ1) is 29.4. The highest BCUT2D eigenvalue weighted by Crippen LogP contribution is 2.29. The standard InChI is InChI=1S/C24H27F3N4O6/c1-2-36-23(35)21(12-15-3-7-17(8-4-15)24(25,26)27)29-22(34)20(30-31-28)11-16-5-9-19(10-6-16)37-14-18(33)13-32/h3-10,18,20-21,32-33H,2,11-14H2,1H3,(H,29,34)/t18?,20-,21-/m0/s1. The molecule has 0 aromatic heterocycles. The lowest BCUT2D eigenvalue weighted by Gasteiger charge is -2.20. The molecule has 0 aliphatic heterocycles. The first-order chi connectivity index (χ1) is 17.6. The van der Waals surface area contributed by atoms with Gasteiger partial charge in [-0.2, -0.15) is 13.2 Å². The molecule has 0 aliphatic carbocycles. The molecule has 200 valence electrons. The van der Waals surface area contributed by atoms with Crippen molar-refractivity contribution in [1.82, 2.24) is 5.32 Å². The number of carbonyl (C=O) groups excluding carboxylic acids is 2. The SMILES string of the molecule is CCOC(=O)[C@H](Cc1ccc(C(F)(F)F)cc1)NC(=O)[C@H](Cc1ccc(OCC(O)CO)cc1)N=[N+]=[N-]. The minimum Gasteiger partial charge on any atom is -0.491 e. The van der Waals surface area contributed by atoms with E-state index < -0.39 is 48.4 Å². The molecule has 0 saturated heterocycles. The Kier molecular flexibility index (Phi) is 11.2. The Bertz CT molecular complexity index is 1070. The van der Waals surface area contributed by atoms with Crippen molar-refractivity contribution in [1.29, 1.82) is 0 Å². The zero-order chi connectivity index (χ0) is 27.4. The molecule has 0 spiro atoms. The third kappa shape index (κ3) is 9.64. The summed E-state index contributed by atoms with van der Waals surface area (Å²) in [5, 5.41) is 24.2. The monoisotopic (exact) mass is 524 g/mol. The molecule has 2 rings (SSSR count). The van der Waals surface area contributed by atoms with Gasteiger partial charge in [-0.25, -0.2) is 4.79 Å². The lowest BCUT2D eigenvalue weighted by atomic mass is 10.0. The first-order valence-electron chi connectivity index (χ1n) is 11.2. The topological polar surface area (TPSA) is 154 Å². The molecule has 1 amide bonds. The molecule has 2 aromatic carbocycles. The summed E-state index contributed by atoms with van der Waals surface area (Å²) in [6.45, 7) is 1.01. The van der Waals surface area contributed by atoms with Crippen LogP contribution in [0.2, 0.25) is 0 Å². The van der Waals surface area contributed by atoms with Gasteiger partial charge in [-0.15, -0.1) is 0 Å². The summed E-state index contributed by atoms with van der Waals surface area (Å²) in [5.74, 6) is -1.16. The van der Waals surface area contributed by atoms with Gasteiger partial charge in [-0.1, -0.05) is 29.4 Å². The number of alkyl halides is 3. The Morgan fingerprint density at radius 1 is 1.08 bits per heavy atom. The maximum atomic E-state index is 12.9. The lowest BCUT2D eigenvalue weighted by Crippen LogP contribution is -2.47. The van der Waals surface area contributed by atoms with Crippen molar-refractivity contribution in [3.05, 3.63) is 75.7 Å². The summed E-state index contributed by atoms with van der Waals surface area (Å²) >= 11 is 0. The molecule has 10 nitrogen and oxygen atoms in total. The number of benzene rings is 2. The maximum Gasteiger partial charge on any atom is 0.416 e. The van der Waals surface area contributed by atoms with Gasteiger partial charge in [0.1, 0.15) is 30.5 Å². The lowest BCUT2D eigenvalue weighted by molar-refractivity contribution is -0.147. The Balaban J connectivity index is 2.12. The molecule has 13 heteroatoms. The highest BCUT2D eigenvalue weighted by Gasteiger charge is 2.31. The minimum absolute atomic E-state index is 0.0156. The Morgan fingerprint density at radius 3 is 2.22 bits per heavy atom. The van der Waals surface area contributed by atoms with E-state index in [4.69, 9.17) is 20.1 Å². The van der Waals surface area contributed by atoms with Crippen molar-refractivity contribution in [3.8, 4) is 5.75 Å². The number of halogens is 3. The highest BCUT2D eigenvalue weighted by atomic mass is 19.4. The number of azide groups is 1. The summed E-state index contributed by atoms with van der Waals surface area (Å²) in [7, 11) is 0. The van der Waals surface area contributed by atoms with Crippen LogP contribution < -0.4 is 10.1 Å². The van der Waals surface area contributed by atoms with E-state index in [1.54, 1.807) is 31.2 Å². The van der Waals surface area contributed by atoms with Gasteiger partial charge in [0.15, 0.2) is 0 Å². The molecule has 0 radical (unpaired) electrons. The van der Waals surface area contributed by atoms with Gasteiger partial charge in [0.05, 0.1) is 18.8 Å². The van der Waals surface area contributed by atoms with Crippen molar-refractivity contribution >= 4 is 11.9 Å². The molecule has 0 saturated carbocycles. The smallest absolute Gasteiger partial charge is 0.416 e. The number of rotatable bonds is 13. The third-order valence-electron chi connectivity index (χ3n) is 5.11. The quantitative estimate of drug-likeness (QED) is 0.158. The Morgan fingerprint density at radius 2 is 1.68 bits per heavy atom. The summed E-state index contributed by atoms with van der Waals surface area (Å²) < 4.78 is 48.8. The molecule has 2 aromatic rings. The van der Waals surface area contributed by atoms with E-state index in [2.05, 4.69) is 15.3 Å². The van der Waals surface area contributed by atoms with Gasteiger partial charge in [0.25, 0.3) is 0 Å². The molecule has 0 fully saturated rings. The van der Waals surface area contributed by atoms with Gasteiger partial charge in [0, 0.05) is 11.3 Å². The van der Waals surface area contributed by atoms with E-state index in [1.807, 2.05) is 0 Å². The molecule has 0 aliphatic rings. The number of carbonyl (C=O) groups is 2. The predicted molar refractivity (Wildman–Crippen MR) is 125 cm³/mol. The maximum absolute atomic E-state index is 12.9. The summed E-state index contributed by atoms with van der Waals surface area (Å²) in [5.41, 5.74) is 9.04. The number of hydrogen-bond acceptors (Lipinski definition) is 7. The number of amides is 1. The molecule has 3 atom stereocenters. The van der Waals surface area contributed by atoms with Crippen molar-refractivity contribution in [3.63, 3.8) is 0 Å². The van der Waals surface area contributed by atoms with Gasteiger partial charge >= 0.3 is 12.1 Å². The fourth-order valence-corrected chi connectivity index (χ4v) is 3.21.